The third kappa shape index (κ3) is 12.1. The van der Waals surface area contributed by atoms with Crippen LogP contribution in [-0.2, 0) is 16.8 Å². The predicted octanol–water partition coefficient (Wildman–Crippen LogP) is 6.35. The van der Waals surface area contributed by atoms with Gasteiger partial charge in [0.1, 0.15) is 6.17 Å². The maximum absolute atomic E-state index is 12.3. The van der Waals surface area contributed by atoms with Crippen LogP contribution in [0, 0.1) is 0 Å². The first-order chi connectivity index (χ1) is 19.0. The van der Waals surface area contributed by atoms with Gasteiger partial charge in [0.25, 0.3) is 0 Å². The molecule has 2 aromatic carbocycles. The fraction of sp³-hybridized carbons (Fsp3) is 0.636. The van der Waals surface area contributed by atoms with Crippen LogP contribution in [-0.4, -0.2) is 19.1 Å². The molecule has 0 fully saturated rings. The first kappa shape index (κ1) is 35.1. The summed E-state index contributed by atoms with van der Waals surface area (Å²) in [5, 5.41) is 0. The van der Waals surface area contributed by atoms with Crippen molar-refractivity contribution in [2.45, 2.75) is 135 Å². The van der Waals surface area contributed by atoms with E-state index in [1.165, 1.54) is 96.3 Å². The van der Waals surface area contributed by atoms with E-state index in [2.05, 4.69) is 11.8 Å². The van der Waals surface area contributed by atoms with E-state index >= 15 is 0 Å². The second-order valence-electron chi connectivity index (χ2n) is 11.3. The molecule has 0 N–H and O–H groups in total. The average Bonchev–Trinajstić information content (AvgIpc) is 3.24. The summed E-state index contributed by atoms with van der Waals surface area (Å²) in [5.74, 6) is 0. The zero-order chi connectivity index (χ0) is 27.8. The van der Waals surface area contributed by atoms with Crippen LogP contribution in [0.1, 0.15) is 128 Å². The van der Waals surface area contributed by atoms with Gasteiger partial charge < -0.3 is 9.45 Å². The molecule has 0 bridgehead atoms. The van der Waals surface area contributed by atoms with Gasteiger partial charge in [-0.3, -0.25) is 4.31 Å². The zero-order valence-corrected chi connectivity index (χ0v) is 28.1. The van der Waals surface area contributed by atoms with Crippen LogP contribution in [0.15, 0.2) is 54.6 Å². The molecule has 2 aromatic rings. The summed E-state index contributed by atoms with van der Waals surface area (Å²) in [6.07, 6.45) is 22.5. The van der Waals surface area contributed by atoms with E-state index in [0.29, 0.717) is 18.7 Å². The Morgan fingerprint density at radius 3 is 1.52 bits per heavy atom. The van der Waals surface area contributed by atoms with Crippen molar-refractivity contribution in [3.63, 3.8) is 0 Å². The molecule has 40 heavy (non-hydrogen) atoms. The Labute approximate surface area is 267 Å². The quantitative estimate of drug-likeness (QED) is 0.0985. The number of rotatable bonds is 21. The Morgan fingerprint density at radius 2 is 1.05 bits per heavy atom. The van der Waals surface area contributed by atoms with Crippen LogP contribution in [0.3, 0.4) is 0 Å². The number of hydrogen-bond donors (Lipinski definition) is 0. The van der Waals surface area contributed by atoms with Crippen molar-refractivity contribution in [1.82, 2.24) is 0 Å². The standard InChI is InChI=1S/C33H52N2O3S.Na/c1-2-3-4-5-6-7-8-9-10-11-12-13-14-15-16-17-21-28-33-34(29-30-24-19-18-20-25-30)31-26-22-23-27-32(31)35(33)39(36,37)38;/h18-20,22-27,33H,2-17,21,28-29H2,1H3,(H,36,37,38);/q;+1/p-1. The SMILES string of the molecule is CCCCCCCCCCCCCCCCCCCC1N(Cc2ccccc2)c2ccccc2N1S(=O)(=O)[O-].[Na+]. The molecule has 7 heteroatoms. The Balaban J connectivity index is 0.00000560. The average molecular weight is 579 g/mol. The Hall–Kier alpha value is -1.05. The van der Waals surface area contributed by atoms with Gasteiger partial charge in [-0.1, -0.05) is 152 Å². The van der Waals surface area contributed by atoms with Crippen LogP contribution in [0.5, 0.6) is 0 Å². The third-order valence-corrected chi connectivity index (χ3v) is 8.98. The molecule has 0 aromatic heterocycles. The minimum atomic E-state index is -4.62. The maximum atomic E-state index is 12.3. The van der Waals surface area contributed by atoms with Crippen LogP contribution in [0.4, 0.5) is 11.4 Å². The summed E-state index contributed by atoms with van der Waals surface area (Å²) in [5.41, 5.74) is 2.42. The van der Waals surface area contributed by atoms with E-state index in [9.17, 15) is 13.0 Å². The Kier molecular flexibility index (Phi) is 17.5. The Bertz CT molecular complexity index is 1040. The second kappa shape index (κ2) is 20.0. The molecule has 0 saturated carbocycles. The van der Waals surface area contributed by atoms with Crippen molar-refractivity contribution in [3.8, 4) is 0 Å². The van der Waals surface area contributed by atoms with Gasteiger partial charge in [0.2, 0.25) is 0 Å². The van der Waals surface area contributed by atoms with Crippen LogP contribution >= 0.6 is 0 Å². The van der Waals surface area contributed by atoms with E-state index < -0.39 is 16.5 Å². The molecular weight excluding hydrogens is 527 g/mol. The van der Waals surface area contributed by atoms with Crippen molar-refractivity contribution in [3.05, 3.63) is 60.2 Å². The summed E-state index contributed by atoms with van der Waals surface area (Å²) in [6, 6.07) is 17.4. The van der Waals surface area contributed by atoms with Crippen molar-refractivity contribution in [2.24, 2.45) is 0 Å². The van der Waals surface area contributed by atoms with Gasteiger partial charge in [-0.05, 0) is 30.5 Å². The monoisotopic (exact) mass is 578 g/mol. The minimum Gasteiger partial charge on any atom is -0.731 e. The van der Waals surface area contributed by atoms with Gasteiger partial charge in [-0.2, -0.15) is 0 Å². The molecule has 0 saturated heterocycles. The van der Waals surface area contributed by atoms with Gasteiger partial charge in [-0.15, -0.1) is 0 Å². The van der Waals surface area contributed by atoms with Gasteiger partial charge in [-0.25, -0.2) is 8.42 Å². The van der Waals surface area contributed by atoms with E-state index in [1.807, 2.05) is 42.5 Å². The summed E-state index contributed by atoms with van der Waals surface area (Å²) in [4.78, 5) is 2.09. The molecule has 0 radical (unpaired) electrons. The number of para-hydroxylation sites is 2. The zero-order valence-electron chi connectivity index (χ0n) is 25.2. The van der Waals surface area contributed by atoms with Crippen LogP contribution in [0.2, 0.25) is 0 Å². The van der Waals surface area contributed by atoms with Crippen molar-refractivity contribution < 1.29 is 42.5 Å². The molecule has 3 rings (SSSR count). The number of fused-ring (bicyclic) bond motifs is 1. The fourth-order valence-corrected chi connectivity index (χ4v) is 6.82. The van der Waals surface area contributed by atoms with Gasteiger partial charge in [0.05, 0.1) is 11.4 Å². The van der Waals surface area contributed by atoms with E-state index in [0.717, 1.165) is 28.4 Å². The Morgan fingerprint density at radius 1 is 0.625 bits per heavy atom. The smallest absolute Gasteiger partial charge is 0.731 e. The van der Waals surface area contributed by atoms with E-state index in [4.69, 9.17) is 0 Å². The first-order valence-corrected chi connectivity index (χ1v) is 17.0. The van der Waals surface area contributed by atoms with Gasteiger partial charge >= 0.3 is 29.6 Å². The van der Waals surface area contributed by atoms with E-state index in [1.54, 1.807) is 12.1 Å². The minimum absolute atomic E-state index is 0. The number of anilines is 2. The molecule has 5 nitrogen and oxygen atoms in total. The number of benzene rings is 2. The summed E-state index contributed by atoms with van der Waals surface area (Å²) in [6.45, 7) is 2.85. The van der Waals surface area contributed by atoms with Crippen LogP contribution in [0.25, 0.3) is 0 Å². The molecule has 1 aliphatic rings. The molecule has 1 unspecified atom stereocenters. The molecular formula is C33H51N2NaO3S. The summed E-state index contributed by atoms with van der Waals surface area (Å²) in [7, 11) is -4.62. The van der Waals surface area contributed by atoms with Crippen LogP contribution < -0.4 is 38.8 Å². The molecule has 0 amide bonds. The van der Waals surface area contributed by atoms with Crippen molar-refractivity contribution in [2.75, 3.05) is 9.21 Å². The molecule has 1 aliphatic heterocycles. The molecule has 0 spiro atoms. The second-order valence-corrected chi connectivity index (χ2v) is 12.5. The molecule has 0 aliphatic carbocycles. The topological polar surface area (TPSA) is 63.7 Å². The third-order valence-electron chi connectivity index (χ3n) is 8.06. The number of unbranched alkanes of at least 4 members (excludes halogenated alkanes) is 16. The maximum Gasteiger partial charge on any atom is 1.00 e. The summed E-state index contributed by atoms with van der Waals surface area (Å²) >= 11 is 0. The summed E-state index contributed by atoms with van der Waals surface area (Å²) < 4.78 is 38.1. The fourth-order valence-electron chi connectivity index (χ4n) is 5.91. The number of hydrogen-bond acceptors (Lipinski definition) is 4. The number of nitrogens with zero attached hydrogens (tertiary/aromatic N) is 2. The first-order valence-electron chi connectivity index (χ1n) is 15.7. The van der Waals surface area contributed by atoms with Gasteiger partial charge in [0.15, 0.2) is 10.3 Å². The molecule has 218 valence electrons. The molecule has 1 atom stereocenters. The predicted molar refractivity (Wildman–Crippen MR) is 164 cm³/mol. The molecule has 1 heterocycles. The largest absolute Gasteiger partial charge is 1.00 e. The van der Waals surface area contributed by atoms with Crippen molar-refractivity contribution in [1.29, 1.82) is 0 Å². The van der Waals surface area contributed by atoms with Crippen molar-refractivity contribution >= 4 is 21.7 Å². The normalized spacial score (nSPS) is 14.8. The van der Waals surface area contributed by atoms with Gasteiger partial charge in [0, 0.05) is 6.54 Å². The van der Waals surface area contributed by atoms with E-state index in [-0.39, 0.29) is 29.6 Å².